The summed E-state index contributed by atoms with van der Waals surface area (Å²) in [6, 6.07) is 9.86. The predicted octanol–water partition coefficient (Wildman–Crippen LogP) is 3.79. The third kappa shape index (κ3) is 5.34. The van der Waals surface area contributed by atoms with Gasteiger partial charge in [0, 0.05) is 24.9 Å². The van der Waals surface area contributed by atoms with Gasteiger partial charge < -0.3 is 15.2 Å². The number of pyridine rings is 1. The zero-order valence-electron chi connectivity index (χ0n) is 13.5. The van der Waals surface area contributed by atoms with Crippen molar-refractivity contribution in [3.8, 4) is 11.5 Å². The number of rotatable bonds is 8. The van der Waals surface area contributed by atoms with Gasteiger partial charge in [0.1, 0.15) is 11.5 Å². The van der Waals surface area contributed by atoms with Crippen LogP contribution in [0.4, 0.5) is 10.5 Å². The van der Waals surface area contributed by atoms with Gasteiger partial charge in [0.2, 0.25) is 6.29 Å². The van der Waals surface area contributed by atoms with Crippen LogP contribution in [0, 0.1) is 0 Å². The van der Waals surface area contributed by atoms with Crippen LogP contribution in [0.1, 0.15) is 26.2 Å². The number of hydrogen-bond acceptors (Lipinski definition) is 5. The summed E-state index contributed by atoms with van der Waals surface area (Å²) >= 11 is 4.05. The molecule has 1 heterocycles. The van der Waals surface area contributed by atoms with Gasteiger partial charge in [0.25, 0.3) is 0 Å². The Morgan fingerprint density at radius 3 is 2.62 bits per heavy atom. The van der Waals surface area contributed by atoms with E-state index in [2.05, 4.69) is 24.7 Å². The third-order valence-electron chi connectivity index (χ3n) is 3.25. The van der Waals surface area contributed by atoms with Gasteiger partial charge in [0.05, 0.1) is 5.69 Å². The number of thiol groups is 1. The molecule has 2 aromatic rings. The second kappa shape index (κ2) is 9.02. The standard InChI is InChI=1S/C17H21N3O3S/c1-2-3-7-16(22-14-8-10-19-11-9-14)23-15-6-4-5-13(12-15)20(24)17(18)21/h4-6,8-12,16,24H,2-3,7H2,1H3,(H2,18,21). The molecule has 0 bridgehead atoms. The van der Waals surface area contributed by atoms with E-state index < -0.39 is 12.3 Å². The fourth-order valence-electron chi connectivity index (χ4n) is 2.05. The zero-order valence-corrected chi connectivity index (χ0v) is 14.4. The first-order valence-corrected chi connectivity index (χ1v) is 8.12. The Bertz CT molecular complexity index is 655. The number of unbranched alkanes of at least 4 members (excludes halogenated alkanes) is 1. The predicted molar refractivity (Wildman–Crippen MR) is 96.3 cm³/mol. The smallest absolute Gasteiger partial charge is 0.329 e. The summed E-state index contributed by atoms with van der Waals surface area (Å²) in [7, 11) is 0. The van der Waals surface area contributed by atoms with Gasteiger partial charge in [-0.3, -0.25) is 4.98 Å². The van der Waals surface area contributed by atoms with Crippen LogP contribution in [0.25, 0.3) is 0 Å². The Morgan fingerprint density at radius 2 is 1.96 bits per heavy atom. The first-order chi connectivity index (χ1) is 11.6. The molecule has 1 aromatic carbocycles. The lowest BCUT2D eigenvalue weighted by molar-refractivity contribution is -0.00213. The minimum Gasteiger partial charge on any atom is -0.455 e. The molecule has 0 fully saturated rings. The highest BCUT2D eigenvalue weighted by atomic mass is 32.1. The molecule has 2 N–H and O–H groups in total. The minimum atomic E-state index is -0.661. The van der Waals surface area contributed by atoms with Crippen molar-refractivity contribution in [1.82, 2.24) is 4.98 Å². The van der Waals surface area contributed by atoms with Gasteiger partial charge in [0.15, 0.2) is 0 Å². The number of nitrogens with two attached hydrogens (primary N) is 1. The lowest BCUT2D eigenvalue weighted by Gasteiger charge is -2.21. The van der Waals surface area contributed by atoms with Gasteiger partial charge in [-0.2, -0.15) is 0 Å². The quantitative estimate of drug-likeness (QED) is 0.563. The molecule has 128 valence electrons. The number of urea groups is 1. The van der Waals surface area contributed by atoms with E-state index in [0.29, 0.717) is 17.2 Å². The Hall–Kier alpha value is -2.41. The minimum absolute atomic E-state index is 0.440. The second-order valence-corrected chi connectivity index (χ2v) is 5.54. The lowest BCUT2D eigenvalue weighted by atomic mass is 10.2. The molecule has 0 saturated heterocycles. The van der Waals surface area contributed by atoms with Crippen molar-refractivity contribution in [2.24, 2.45) is 5.73 Å². The molecule has 2 rings (SSSR count). The van der Waals surface area contributed by atoms with E-state index in [1.165, 1.54) is 0 Å². The number of carbonyl (C=O) groups excluding carboxylic acids is 1. The summed E-state index contributed by atoms with van der Waals surface area (Å²) in [6.07, 6.45) is 5.63. The summed E-state index contributed by atoms with van der Waals surface area (Å²) in [6.45, 7) is 2.11. The van der Waals surface area contributed by atoms with E-state index in [-0.39, 0.29) is 0 Å². The van der Waals surface area contributed by atoms with Crippen molar-refractivity contribution < 1.29 is 14.3 Å². The first-order valence-electron chi connectivity index (χ1n) is 7.72. The second-order valence-electron chi connectivity index (χ2n) is 5.14. The number of carbonyl (C=O) groups is 1. The molecular weight excluding hydrogens is 326 g/mol. The summed E-state index contributed by atoms with van der Waals surface area (Å²) in [5, 5.41) is 0. The largest absolute Gasteiger partial charge is 0.455 e. The molecule has 0 aliphatic heterocycles. The van der Waals surface area contributed by atoms with Crippen LogP contribution in [-0.2, 0) is 0 Å². The Morgan fingerprint density at radius 1 is 1.25 bits per heavy atom. The maximum Gasteiger partial charge on any atom is 0.329 e. The van der Waals surface area contributed by atoms with Gasteiger partial charge in [-0.05, 0) is 30.7 Å². The van der Waals surface area contributed by atoms with Crippen LogP contribution >= 0.6 is 12.8 Å². The van der Waals surface area contributed by atoms with Crippen molar-refractivity contribution >= 4 is 24.5 Å². The molecule has 1 atom stereocenters. The summed E-state index contributed by atoms with van der Waals surface area (Å²) in [5.41, 5.74) is 5.76. The molecule has 0 saturated carbocycles. The fourth-order valence-corrected chi connectivity index (χ4v) is 2.17. The normalized spacial score (nSPS) is 11.6. The number of anilines is 1. The maximum atomic E-state index is 11.2. The molecule has 1 unspecified atom stereocenters. The first kappa shape index (κ1) is 17.9. The van der Waals surface area contributed by atoms with Crippen molar-refractivity contribution in [2.45, 2.75) is 32.5 Å². The van der Waals surface area contributed by atoms with Crippen LogP contribution in [0.3, 0.4) is 0 Å². The average Bonchev–Trinajstić information content (AvgIpc) is 2.60. The molecule has 0 radical (unpaired) electrons. The summed E-state index contributed by atoms with van der Waals surface area (Å²) in [4.78, 5) is 15.2. The molecule has 7 heteroatoms. The molecular formula is C17H21N3O3S. The van der Waals surface area contributed by atoms with E-state index in [1.807, 2.05) is 0 Å². The fraction of sp³-hybridized carbons (Fsp3) is 0.294. The van der Waals surface area contributed by atoms with Crippen molar-refractivity contribution in [2.75, 3.05) is 4.31 Å². The number of nitrogens with zero attached hydrogens (tertiary/aromatic N) is 2. The van der Waals surface area contributed by atoms with Gasteiger partial charge in [-0.1, -0.05) is 32.2 Å². The van der Waals surface area contributed by atoms with Gasteiger partial charge >= 0.3 is 6.03 Å². The van der Waals surface area contributed by atoms with E-state index in [4.69, 9.17) is 15.2 Å². The van der Waals surface area contributed by atoms with Crippen molar-refractivity contribution in [1.29, 1.82) is 0 Å². The number of hydrogen-bond donors (Lipinski definition) is 2. The Kier molecular flexibility index (Phi) is 6.74. The van der Waals surface area contributed by atoms with Crippen molar-refractivity contribution in [3.63, 3.8) is 0 Å². The SMILES string of the molecule is CCCCC(Oc1ccncc1)Oc1cccc(N(S)C(N)=O)c1. The van der Waals surface area contributed by atoms with Crippen LogP contribution < -0.4 is 19.5 Å². The van der Waals surface area contributed by atoms with E-state index in [1.54, 1.807) is 48.8 Å². The molecule has 6 nitrogen and oxygen atoms in total. The van der Waals surface area contributed by atoms with Crippen LogP contribution in [-0.4, -0.2) is 17.3 Å². The van der Waals surface area contributed by atoms with E-state index in [0.717, 1.165) is 23.6 Å². The Labute approximate surface area is 147 Å². The highest BCUT2D eigenvalue weighted by molar-refractivity contribution is 7.82. The molecule has 2 amide bonds. The van der Waals surface area contributed by atoms with Crippen molar-refractivity contribution in [3.05, 3.63) is 48.8 Å². The number of benzene rings is 1. The number of aromatic nitrogens is 1. The molecule has 1 aromatic heterocycles. The van der Waals surface area contributed by atoms with Crippen LogP contribution in [0.5, 0.6) is 11.5 Å². The Balaban J connectivity index is 2.10. The third-order valence-corrected chi connectivity index (χ3v) is 3.68. The van der Waals surface area contributed by atoms with E-state index in [9.17, 15) is 4.79 Å². The number of ether oxygens (including phenoxy) is 2. The number of amides is 2. The molecule has 0 spiro atoms. The molecule has 0 aliphatic rings. The molecule has 24 heavy (non-hydrogen) atoms. The van der Waals surface area contributed by atoms with E-state index >= 15 is 0 Å². The molecule has 0 aliphatic carbocycles. The lowest BCUT2D eigenvalue weighted by Crippen LogP contribution is -2.27. The van der Waals surface area contributed by atoms with Gasteiger partial charge in [-0.25, -0.2) is 9.10 Å². The monoisotopic (exact) mass is 347 g/mol. The summed E-state index contributed by atoms with van der Waals surface area (Å²) < 4.78 is 12.9. The van der Waals surface area contributed by atoms with Gasteiger partial charge in [-0.15, -0.1) is 0 Å². The maximum absolute atomic E-state index is 11.2. The highest BCUT2D eigenvalue weighted by Crippen LogP contribution is 2.25. The highest BCUT2D eigenvalue weighted by Gasteiger charge is 2.14. The average molecular weight is 347 g/mol. The van der Waals surface area contributed by atoms with Crippen LogP contribution in [0.15, 0.2) is 48.8 Å². The number of primary amides is 1. The van der Waals surface area contributed by atoms with Crippen LogP contribution in [0.2, 0.25) is 0 Å². The zero-order chi connectivity index (χ0) is 17.4. The summed E-state index contributed by atoms with van der Waals surface area (Å²) in [5.74, 6) is 1.26. The topological polar surface area (TPSA) is 77.7 Å².